The summed E-state index contributed by atoms with van der Waals surface area (Å²) in [4.78, 5) is 29.0. The lowest BCUT2D eigenvalue weighted by Gasteiger charge is -2.15. The zero-order valence-electron chi connectivity index (χ0n) is 21.0. The molecular weight excluding hydrogens is 444 g/mol. The van der Waals surface area contributed by atoms with E-state index >= 15 is 0 Å². The lowest BCUT2D eigenvalue weighted by Crippen LogP contribution is -2.41. The topological polar surface area (TPSA) is 136 Å². The maximum absolute atomic E-state index is 12.5. The number of rotatable bonds is 7. The average Bonchev–Trinajstić information content (AvgIpc) is 2.92. The second-order valence-electron chi connectivity index (χ2n) is 6.61. The summed E-state index contributed by atoms with van der Waals surface area (Å²) in [5, 5.41) is 2.92. The molecule has 0 aliphatic heterocycles. The number of nitrogens with zero attached hydrogens (tertiary/aromatic N) is 2. The highest BCUT2D eigenvalue weighted by molar-refractivity contribution is 6.07. The normalized spacial score (nSPS) is 10.3. The zero-order chi connectivity index (χ0) is 26.2. The Morgan fingerprint density at radius 1 is 1.00 bits per heavy atom. The van der Waals surface area contributed by atoms with Crippen LogP contribution in [0.4, 0.5) is 5.69 Å². The highest BCUT2D eigenvalue weighted by Crippen LogP contribution is 2.17. The molecule has 1 aromatic heterocycles. The smallest absolute Gasteiger partial charge is 0.270 e. The fourth-order valence-corrected chi connectivity index (χ4v) is 2.87. The molecule has 1 heterocycles. The van der Waals surface area contributed by atoms with E-state index in [0.717, 1.165) is 10.8 Å². The Hall–Kier alpha value is -3.95. The van der Waals surface area contributed by atoms with E-state index in [4.69, 9.17) is 16.3 Å². The summed E-state index contributed by atoms with van der Waals surface area (Å²) in [7, 11) is 0. The fraction of sp³-hybridized carbons (Fsp3) is 0.269. The molecule has 0 saturated heterocycles. The SMILES string of the molecule is CC.CC.CCOC/C(N)=C/N(N)c1ccc(C(=O)NNC(=O)c2cccc3cnccc23)cc1. The molecule has 3 aromatic rings. The van der Waals surface area contributed by atoms with Crippen molar-refractivity contribution in [3.05, 3.63) is 83.9 Å². The first-order valence-electron chi connectivity index (χ1n) is 11.6. The molecule has 0 bridgehead atoms. The standard InChI is InChI=1S/C22H24N6O3.2C2H6/c1-2-31-14-17(23)13-28(24)18-8-6-15(7-9-18)21(29)26-27-22(30)20-5-3-4-16-12-25-11-10-19(16)20;2*1-2/h3-13H,2,14,23-24H2,1H3,(H,26,29)(H,27,30);2*1-2H3/b17-13-;;. The van der Waals surface area contributed by atoms with Crippen molar-refractivity contribution in [1.82, 2.24) is 15.8 Å². The van der Waals surface area contributed by atoms with Gasteiger partial charge in [-0.1, -0.05) is 39.8 Å². The summed E-state index contributed by atoms with van der Waals surface area (Å²) < 4.78 is 5.22. The third-order valence-corrected chi connectivity index (χ3v) is 4.42. The second-order valence-corrected chi connectivity index (χ2v) is 6.61. The first-order valence-corrected chi connectivity index (χ1v) is 11.6. The average molecular weight is 481 g/mol. The Labute approximate surface area is 207 Å². The van der Waals surface area contributed by atoms with Gasteiger partial charge in [-0.25, -0.2) is 5.84 Å². The highest BCUT2D eigenvalue weighted by Gasteiger charge is 2.12. The van der Waals surface area contributed by atoms with Crippen LogP contribution < -0.4 is 27.4 Å². The number of nitrogens with one attached hydrogen (secondary N) is 2. The summed E-state index contributed by atoms with van der Waals surface area (Å²) >= 11 is 0. The summed E-state index contributed by atoms with van der Waals surface area (Å²) in [6.07, 6.45) is 4.83. The van der Waals surface area contributed by atoms with Crippen LogP contribution in [0, 0.1) is 0 Å². The Balaban J connectivity index is 0.00000145. The molecule has 0 aliphatic carbocycles. The van der Waals surface area contributed by atoms with Gasteiger partial charge < -0.3 is 10.5 Å². The number of nitrogens with two attached hydrogens (primary N) is 2. The predicted molar refractivity (Wildman–Crippen MR) is 141 cm³/mol. The van der Waals surface area contributed by atoms with Crippen molar-refractivity contribution in [1.29, 1.82) is 0 Å². The summed E-state index contributed by atoms with van der Waals surface area (Å²) in [5.41, 5.74) is 12.6. The molecule has 9 heteroatoms. The number of pyridine rings is 1. The van der Waals surface area contributed by atoms with Crippen LogP contribution in [0.1, 0.15) is 55.3 Å². The number of hydrogen-bond acceptors (Lipinski definition) is 7. The monoisotopic (exact) mass is 480 g/mol. The highest BCUT2D eigenvalue weighted by atomic mass is 16.5. The molecule has 2 aromatic carbocycles. The van der Waals surface area contributed by atoms with Crippen LogP contribution in [0.15, 0.2) is 72.8 Å². The molecule has 0 saturated carbocycles. The van der Waals surface area contributed by atoms with Gasteiger partial charge in [-0.15, -0.1) is 0 Å². The summed E-state index contributed by atoms with van der Waals surface area (Å²) in [5.74, 6) is 5.07. The van der Waals surface area contributed by atoms with Gasteiger partial charge in [0.05, 0.1) is 18.0 Å². The van der Waals surface area contributed by atoms with Crippen LogP contribution in [-0.2, 0) is 4.74 Å². The van der Waals surface area contributed by atoms with Crippen LogP contribution >= 0.6 is 0 Å². The van der Waals surface area contributed by atoms with Crippen molar-refractivity contribution in [3.8, 4) is 0 Å². The number of aromatic nitrogens is 1. The van der Waals surface area contributed by atoms with E-state index in [2.05, 4.69) is 15.8 Å². The van der Waals surface area contributed by atoms with Crippen molar-refractivity contribution in [3.63, 3.8) is 0 Å². The van der Waals surface area contributed by atoms with Gasteiger partial charge in [0.15, 0.2) is 0 Å². The predicted octanol–water partition coefficient (Wildman–Crippen LogP) is 3.88. The molecule has 9 nitrogen and oxygen atoms in total. The van der Waals surface area contributed by atoms with Gasteiger partial charge in [-0.2, -0.15) is 0 Å². The minimum absolute atomic E-state index is 0.275. The van der Waals surface area contributed by atoms with Crippen LogP contribution in [0.25, 0.3) is 10.8 Å². The number of benzene rings is 2. The largest absolute Gasteiger partial charge is 0.399 e. The molecule has 3 rings (SSSR count). The molecule has 188 valence electrons. The fourth-order valence-electron chi connectivity index (χ4n) is 2.87. The van der Waals surface area contributed by atoms with Gasteiger partial charge in [0.25, 0.3) is 11.8 Å². The molecule has 0 fully saturated rings. The molecule has 0 atom stereocenters. The van der Waals surface area contributed by atoms with E-state index in [9.17, 15) is 9.59 Å². The maximum atomic E-state index is 12.5. The molecule has 6 N–H and O–H groups in total. The molecule has 0 aliphatic rings. The lowest BCUT2D eigenvalue weighted by atomic mass is 10.1. The number of anilines is 1. The minimum atomic E-state index is -0.461. The quantitative estimate of drug-likeness (QED) is 0.298. The molecule has 35 heavy (non-hydrogen) atoms. The first kappa shape index (κ1) is 29.1. The molecule has 0 radical (unpaired) electrons. The van der Waals surface area contributed by atoms with Gasteiger partial charge in [0.2, 0.25) is 0 Å². The number of ether oxygens (including phenoxy) is 1. The Morgan fingerprint density at radius 2 is 1.66 bits per heavy atom. The molecular formula is C26H36N6O3. The molecule has 0 spiro atoms. The Kier molecular flexibility index (Phi) is 13.1. The number of hydrazine groups is 2. The van der Waals surface area contributed by atoms with Crippen LogP contribution in [0.2, 0.25) is 0 Å². The van der Waals surface area contributed by atoms with Crippen LogP contribution in [-0.4, -0.2) is 30.0 Å². The van der Waals surface area contributed by atoms with E-state index in [0.29, 0.717) is 29.1 Å². The second kappa shape index (κ2) is 15.8. The molecule has 0 unspecified atom stereocenters. The van der Waals surface area contributed by atoms with Crippen molar-refractivity contribution in [2.45, 2.75) is 34.6 Å². The third-order valence-electron chi connectivity index (χ3n) is 4.42. The van der Waals surface area contributed by atoms with E-state index in [1.165, 1.54) is 5.01 Å². The summed E-state index contributed by atoms with van der Waals surface area (Å²) in [6, 6.07) is 13.6. The van der Waals surface area contributed by atoms with Gasteiger partial charge in [-0.05, 0) is 48.7 Å². The molecule has 2 amide bonds. The van der Waals surface area contributed by atoms with Crippen LogP contribution in [0.5, 0.6) is 0 Å². The van der Waals surface area contributed by atoms with Gasteiger partial charge >= 0.3 is 0 Å². The van der Waals surface area contributed by atoms with E-state index < -0.39 is 11.8 Å². The van der Waals surface area contributed by atoms with Gasteiger partial charge in [-0.3, -0.25) is 30.4 Å². The number of fused-ring (bicyclic) bond motifs is 1. The first-order chi connectivity index (χ1) is 17.0. The maximum Gasteiger partial charge on any atom is 0.270 e. The third kappa shape index (κ3) is 8.73. The van der Waals surface area contributed by atoms with Crippen molar-refractivity contribution >= 4 is 28.3 Å². The number of hydrogen-bond donors (Lipinski definition) is 4. The Morgan fingerprint density at radius 3 is 2.31 bits per heavy atom. The van der Waals surface area contributed by atoms with Crippen molar-refractivity contribution < 1.29 is 14.3 Å². The van der Waals surface area contributed by atoms with Crippen molar-refractivity contribution in [2.75, 3.05) is 18.2 Å². The van der Waals surface area contributed by atoms with E-state index in [-0.39, 0.29) is 6.61 Å². The number of carbonyl (C=O) groups is 2. The van der Waals surface area contributed by atoms with Gasteiger partial charge in [0.1, 0.15) is 0 Å². The van der Waals surface area contributed by atoms with Crippen molar-refractivity contribution in [2.24, 2.45) is 11.6 Å². The summed E-state index contributed by atoms with van der Waals surface area (Å²) in [6.45, 7) is 10.7. The number of carbonyl (C=O) groups excluding carboxylic acids is 2. The number of amides is 2. The zero-order valence-corrected chi connectivity index (χ0v) is 21.0. The minimum Gasteiger partial charge on any atom is -0.399 e. The lowest BCUT2D eigenvalue weighted by molar-refractivity contribution is 0.0847. The van der Waals surface area contributed by atoms with E-state index in [1.807, 2.05) is 40.7 Å². The van der Waals surface area contributed by atoms with Gasteiger partial charge in [0, 0.05) is 41.7 Å². The Bertz CT molecular complexity index is 1090. The van der Waals surface area contributed by atoms with Crippen LogP contribution in [0.3, 0.4) is 0 Å². The van der Waals surface area contributed by atoms with E-state index in [1.54, 1.807) is 61.1 Å².